The van der Waals surface area contributed by atoms with Crippen LogP contribution in [0.3, 0.4) is 0 Å². The minimum absolute atomic E-state index is 0.631. The normalized spacial score (nSPS) is 15.7. The zero-order valence-corrected chi connectivity index (χ0v) is 10.0. The van der Waals surface area contributed by atoms with Crippen LogP contribution in [0.1, 0.15) is 35.1 Å². The summed E-state index contributed by atoms with van der Waals surface area (Å²) >= 11 is 0. The first-order valence-corrected chi connectivity index (χ1v) is 5.55. The van der Waals surface area contributed by atoms with Crippen molar-refractivity contribution in [2.24, 2.45) is 15.9 Å². The topological polar surface area (TPSA) is 50.7 Å². The molecular weight excluding hydrogens is 198 g/mol. The molecule has 0 saturated carbocycles. The number of amidine groups is 1. The van der Waals surface area contributed by atoms with Gasteiger partial charge in [0, 0.05) is 12.0 Å². The Kier molecular flexibility index (Phi) is 2.77. The minimum Gasteiger partial charge on any atom is -0.386 e. The van der Waals surface area contributed by atoms with Crippen LogP contribution in [0.4, 0.5) is 0 Å². The lowest BCUT2D eigenvalue weighted by Crippen LogP contribution is -2.18. The van der Waals surface area contributed by atoms with E-state index in [4.69, 9.17) is 5.73 Å². The van der Waals surface area contributed by atoms with E-state index >= 15 is 0 Å². The second-order valence-corrected chi connectivity index (χ2v) is 4.41. The maximum atomic E-state index is 5.62. The van der Waals surface area contributed by atoms with Gasteiger partial charge < -0.3 is 5.73 Å². The standard InChI is InChI=1S/C13H17N3/c1-8-6-9(2)13(10(3)7-8)11-4-5-12(14)16-15-11/h6-7H,4-5H2,1-3H3,(H2,14,16). The van der Waals surface area contributed by atoms with E-state index in [0.29, 0.717) is 5.84 Å². The van der Waals surface area contributed by atoms with Crippen molar-refractivity contribution in [1.82, 2.24) is 0 Å². The number of benzene rings is 1. The van der Waals surface area contributed by atoms with Crippen LogP contribution in [0.2, 0.25) is 0 Å². The second-order valence-electron chi connectivity index (χ2n) is 4.41. The molecule has 0 aliphatic carbocycles. The Morgan fingerprint density at radius 3 is 2.12 bits per heavy atom. The van der Waals surface area contributed by atoms with E-state index in [0.717, 1.165) is 18.6 Å². The van der Waals surface area contributed by atoms with Crippen molar-refractivity contribution in [2.75, 3.05) is 0 Å². The van der Waals surface area contributed by atoms with Gasteiger partial charge in [-0.05, 0) is 38.3 Å². The van der Waals surface area contributed by atoms with Gasteiger partial charge in [0.15, 0.2) is 0 Å². The Labute approximate surface area is 96.1 Å². The van der Waals surface area contributed by atoms with Crippen LogP contribution in [-0.2, 0) is 0 Å². The highest BCUT2D eigenvalue weighted by Gasteiger charge is 2.14. The van der Waals surface area contributed by atoms with Gasteiger partial charge in [-0.3, -0.25) is 0 Å². The first kappa shape index (κ1) is 10.9. The van der Waals surface area contributed by atoms with Crippen molar-refractivity contribution < 1.29 is 0 Å². The highest BCUT2D eigenvalue weighted by atomic mass is 15.2. The Bertz CT molecular complexity index is 461. The summed E-state index contributed by atoms with van der Waals surface area (Å²) in [4.78, 5) is 0. The fourth-order valence-corrected chi connectivity index (χ4v) is 2.28. The van der Waals surface area contributed by atoms with Crippen molar-refractivity contribution in [2.45, 2.75) is 33.6 Å². The highest BCUT2D eigenvalue weighted by Crippen LogP contribution is 2.20. The van der Waals surface area contributed by atoms with Crippen molar-refractivity contribution in [1.29, 1.82) is 0 Å². The summed E-state index contributed by atoms with van der Waals surface area (Å²) in [6.07, 6.45) is 1.70. The SMILES string of the molecule is Cc1cc(C)c(C2=NN=C(N)CC2)c(C)c1. The minimum atomic E-state index is 0.631. The fourth-order valence-electron chi connectivity index (χ4n) is 2.28. The Balaban J connectivity index is 2.49. The first-order valence-electron chi connectivity index (χ1n) is 5.55. The number of hydrogen-bond acceptors (Lipinski definition) is 3. The summed E-state index contributed by atoms with van der Waals surface area (Å²) in [6.45, 7) is 6.36. The van der Waals surface area contributed by atoms with E-state index in [1.54, 1.807) is 0 Å². The lowest BCUT2D eigenvalue weighted by Gasteiger charge is -2.15. The predicted molar refractivity (Wildman–Crippen MR) is 68.0 cm³/mol. The van der Waals surface area contributed by atoms with Gasteiger partial charge in [-0.1, -0.05) is 17.7 Å². The smallest absolute Gasteiger partial charge is 0.122 e. The zero-order chi connectivity index (χ0) is 11.7. The molecule has 1 aromatic rings. The first-order chi connectivity index (χ1) is 7.58. The molecule has 0 unspecified atom stereocenters. The maximum Gasteiger partial charge on any atom is 0.122 e. The molecule has 3 nitrogen and oxygen atoms in total. The van der Waals surface area contributed by atoms with Crippen LogP contribution in [0, 0.1) is 20.8 Å². The number of hydrogen-bond donors (Lipinski definition) is 1. The predicted octanol–water partition coefficient (Wildman–Crippen LogP) is 2.47. The molecule has 84 valence electrons. The van der Waals surface area contributed by atoms with Gasteiger partial charge in [-0.15, -0.1) is 5.10 Å². The molecule has 3 heteroatoms. The van der Waals surface area contributed by atoms with Gasteiger partial charge in [-0.25, -0.2) is 0 Å². The van der Waals surface area contributed by atoms with Gasteiger partial charge in [-0.2, -0.15) is 5.10 Å². The molecular formula is C13H17N3. The largest absolute Gasteiger partial charge is 0.386 e. The molecule has 0 fully saturated rings. The maximum absolute atomic E-state index is 5.62. The van der Waals surface area contributed by atoms with E-state index in [1.807, 2.05) is 0 Å². The highest BCUT2D eigenvalue weighted by molar-refractivity contribution is 6.06. The molecule has 0 aromatic heterocycles. The molecule has 2 rings (SSSR count). The van der Waals surface area contributed by atoms with Crippen LogP contribution in [-0.4, -0.2) is 11.5 Å². The third-order valence-electron chi connectivity index (χ3n) is 2.88. The Morgan fingerprint density at radius 1 is 1.00 bits per heavy atom. The van der Waals surface area contributed by atoms with Crippen LogP contribution < -0.4 is 5.73 Å². The second kappa shape index (κ2) is 4.08. The van der Waals surface area contributed by atoms with Crippen molar-refractivity contribution in [3.63, 3.8) is 0 Å². The van der Waals surface area contributed by atoms with Crippen LogP contribution in [0.25, 0.3) is 0 Å². The van der Waals surface area contributed by atoms with Crippen LogP contribution in [0.15, 0.2) is 22.3 Å². The summed E-state index contributed by atoms with van der Waals surface area (Å²) < 4.78 is 0. The molecule has 2 N–H and O–H groups in total. The quantitative estimate of drug-likeness (QED) is 0.768. The lowest BCUT2D eigenvalue weighted by molar-refractivity contribution is 1.02. The van der Waals surface area contributed by atoms with Crippen molar-refractivity contribution in [3.05, 3.63) is 34.4 Å². The number of aryl methyl sites for hydroxylation is 3. The Morgan fingerprint density at radius 2 is 1.62 bits per heavy atom. The van der Waals surface area contributed by atoms with Crippen LogP contribution >= 0.6 is 0 Å². The Hall–Kier alpha value is -1.64. The molecule has 0 radical (unpaired) electrons. The molecule has 0 spiro atoms. The van der Waals surface area contributed by atoms with Gasteiger partial charge >= 0.3 is 0 Å². The van der Waals surface area contributed by atoms with E-state index in [-0.39, 0.29) is 0 Å². The zero-order valence-electron chi connectivity index (χ0n) is 10.0. The average Bonchev–Trinajstić information content (AvgIpc) is 2.19. The lowest BCUT2D eigenvalue weighted by atomic mass is 9.93. The molecule has 16 heavy (non-hydrogen) atoms. The average molecular weight is 215 g/mol. The number of nitrogens with two attached hydrogens (primary N) is 1. The van der Waals surface area contributed by atoms with Gasteiger partial charge in [0.2, 0.25) is 0 Å². The molecule has 1 heterocycles. The molecule has 0 amide bonds. The molecule has 0 bridgehead atoms. The summed E-state index contributed by atoms with van der Waals surface area (Å²) in [6, 6.07) is 4.37. The fraction of sp³-hybridized carbons (Fsp3) is 0.385. The van der Waals surface area contributed by atoms with E-state index in [1.165, 1.54) is 22.3 Å². The van der Waals surface area contributed by atoms with Crippen molar-refractivity contribution in [3.8, 4) is 0 Å². The molecule has 0 saturated heterocycles. The van der Waals surface area contributed by atoms with E-state index < -0.39 is 0 Å². The molecule has 1 aliphatic rings. The molecule has 1 aliphatic heterocycles. The van der Waals surface area contributed by atoms with Crippen molar-refractivity contribution >= 4 is 11.5 Å². The van der Waals surface area contributed by atoms with E-state index in [2.05, 4.69) is 43.1 Å². The van der Waals surface area contributed by atoms with Gasteiger partial charge in [0.25, 0.3) is 0 Å². The van der Waals surface area contributed by atoms with E-state index in [9.17, 15) is 0 Å². The summed E-state index contributed by atoms with van der Waals surface area (Å²) in [5.74, 6) is 0.631. The third-order valence-corrected chi connectivity index (χ3v) is 2.88. The van der Waals surface area contributed by atoms with Gasteiger partial charge in [0.1, 0.15) is 5.84 Å². The summed E-state index contributed by atoms with van der Waals surface area (Å²) in [5.41, 5.74) is 11.7. The monoisotopic (exact) mass is 215 g/mol. The number of rotatable bonds is 1. The van der Waals surface area contributed by atoms with Crippen LogP contribution in [0.5, 0.6) is 0 Å². The summed E-state index contributed by atoms with van der Waals surface area (Å²) in [5, 5.41) is 8.19. The van der Waals surface area contributed by atoms with Gasteiger partial charge in [0.05, 0.1) is 5.71 Å². The third kappa shape index (κ3) is 1.98. The molecule has 0 atom stereocenters. The summed E-state index contributed by atoms with van der Waals surface area (Å²) in [7, 11) is 0. The number of nitrogens with zero attached hydrogens (tertiary/aromatic N) is 2. The molecule has 1 aromatic carbocycles.